The maximum atomic E-state index is 6.16. The molecule has 1 heterocycles. The van der Waals surface area contributed by atoms with Crippen LogP contribution in [0.1, 0.15) is 44.0 Å². The molecule has 2 aromatic rings. The van der Waals surface area contributed by atoms with Gasteiger partial charge in [-0.1, -0.05) is 42.2 Å². The van der Waals surface area contributed by atoms with Crippen molar-refractivity contribution in [2.45, 2.75) is 38.6 Å². The fourth-order valence-corrected chi connectivity index (χ4v) is 2.09. The standard InChI is InChI=1S/C14H18ClN3O.ClH/c1-3-8-14(2,16)13-17-12(18-19-13)9-10-4-6-11(15)7-5-10;/h4-7H,3,8-9,16H2,1-2H3;1H. The van der Waals surface area contributed by atoms with Gasteiger partial charge < -0.3 is 10.3 Å². The first kappa shape index (κ1) is 17.0. The number of halogens is 2. The molecular weight excluding hydrogens is 297 g/mol. The van der Waals surface area contributed by atoms with E-state index in [1.807, 2.05) is 31.2 Å². The van der Waals surface area contributed by atoms with Crippen LogP contribution in [0.25, 0.3) is 0 Å². The number of benzene rings is 1. The molecule has 4 nitrogen and oxygen atoms in total. The van der Waals surface area contributed by atoms with Gasteiger partial charge in [0.1, 0.15) is 0 Å². The quantitative estimate of drug-likeness (QED) is 0.913. The summed E-state index contributed by atoms with van der Waals surface area (Å²) in [6.07, 6.45) is 2.40. The molecule has 0 aliphatic rings. The van der Waals surface area contributed by atoms with Gasteiger partial charge in [0.15, 0.2) is 5.82 Å². The van der Waals surface area contributed by atoms with Gasteiger partial charge in [0, 0.05) is 11.4 Å². The van der Waals surface area contributed by atoms with Gasteiger partial charge in [-0.05, 0) is 31.0 Å². The van der Waals surface area contributed by atoms with Crippen LogP contribution in [0.15, 0.2) is 28.8 Å². The Morgan fingerprint density at radius 2 is 1.95 bits per heavy atom. The number of aromatic nitrogens is 2. The van der Waals surface area contributed by atoms with E-state index in [0.29, 0.717) is 18.1 Å². The van der Waals surface area contributed by atoms with E-state index >= 15 is 0 Å². The monoisotopic (exact) mass is 315 g/mol. The Morgan fingerprint density at radius 1 is 1.30 bits per heavy atom. The molecule has 0 fully saturated rings. The molecule has 20 heavy (non-hydrogen) atoms. The summed E-state index contributed by atoms with van der Waals surface area (Å²) in [6, 6.07) is 7.60. The van der Waals surface area contributed by atoms with Crippen molar-refractivity contribution in [1.82, 2.24) is 10.1 Å². The molecule has 110 valence electrons. The lowest BCUT2D eigenvalue weighted by atomic mass is 9.98. The molecular formula is C14H19Cl2N3O. The Balaban J connectivity index is 0.00000200. The fourth-order valence-electron chi connectivity index (χ4n) is 1.97. The van der Waals surface area contributed by atoms with Crippen molar-refractivity contribution in [1.29, 1.82) is 0 Å². The van der Waals surface area contributed by atoms with E-state index in [1.54, 1.807) is 0 Å². The Kier molecular flexibility index (Phi) is 5.99. The fraction of sp³-hybridized carbons (Fsp3) is 0.429. The minimum atomic E-state index is -0.556. The van der Waals surface area contributed by atoms with Gasteiger partial charge >= 0.3 is 0 Å². The number of rotatable bonds is 5. The molecule has 2 N–H and O–H groups in total. The lowest BCUT2D eigenvalue weighted by Crippen LogP contribution is -2.33. The molecule has 2 rings (SSSR count). The molecule has 0 saturated carbocycles. The molecule has 6 heteroatoms. The third-order valence-electron chi connectivity index (χ3n) is 3.00. The number of hydrogen-bond donors (Lipinski definition) is 1. The van der Waals surface area contributed by atoms with Crippen molar-refractivity contribution in [3.05, 3.63) is 46.6 Å². The summed E-state index contributed by atoms with van der Waals surface area (Å²) < 4.78 is 5.27. The molecule has 0 bridgehead atoms. The van der Waals surface area contributed by atoms with E-state index < -0.39 is 5.54 Å². The first-order valence-electron chi connectivity index (χ1n) is 6.37. The van der Waals surface area contributed by atoms with Crippen LogP contribution in [-0.2, 0) is 12.0 Å². The van der Waals surface area contributed by atoms with E-state index in [4.69, 9.17) is 21.9 Å². The van der Waals surface area contributed by atoms with Crippen molar-refractivity contribution in [3.63, 3.8) is 0 Å². The average Bonchev–Trinajstić information content (AvgIpc) is 2.81. The summed E-state index contributed by atoms with van der Waals surface area (Å²) >= 11 is 5.85. The van der Waals surface area contributed by atoms with Crippen molar-refractivity contribution in [3.8, 4) is 0 Å². The minimum absolute atomic E-state index is 0. The van der Waals surface area contributed by atoms with Crippen LogP contribution in [0.4, 0.5) is 0 Å². The Morgan fingerprint density at radius 3 is 2.55 bits per heavy atom. The van der Waals surface area contributed by atoms with Crippen LogP contribution in [0.2, 0.25) is 5.02 Å². The summed E-state index contributed by atoms with van der Waals surface area (Å²) in [5.41, 5.74) is 6.69. The molecule has 1 atom stereocenters. The van der Waals surface area contributed by atoms with Crippen LogP contribution in [-0.4, -0.2) is 10.1 Å². The predicted molar refractivity (Wildman–Crippen MR) is 82.3 cm³/mol. The Hall–Kier alpha value is -1.10. The first-order valence-corrected chi connectivity index (χ1v) is 6.75. The summed E-state index contributed by atoms with van der Waals surface area (Å²) in [5.74, 6) is 1.14. The molecule has 0 aliphatic carbocycles. The summed E-state index contributed by atoms with van der Waals surface area (Å²) in [6.45, 7) is 3.99. The highest BCUT2D eigenvalue weighted by molar-refractivity contribution is 6.30. The maximum absolute atomic E-state index is 6.16. The molecule has 0 saturated heterocycles. The van der Waals surface area contributed by atoms with Gasteiger partial charge in [0.05, 0.1) is 5.54 Å². The zero-order chi connectivity index (χ0) is 13.9. The molecule has 1 aromatic carbocycles. The van der Waals surface area contributed by atoms with Crippen molar-refractivity contribution in [2.24, 2.45) is 5.73 Å². The smallest absolute Gasteiger partial charge is 0.246 e. The highest BCUT2D eigenvalue weighted by Gasteiger charge is 2.27. The van der Waals surface area contributed by atoms with E-state index in [0.717, 1.165) is 23.4 Å². The van der Waals surface area contributed by atoms with Crippen LogP contribution in [0.5, 0.6) is 0 Å². The van der Waals surface area contributed by atoms with Gasteiger partial charge in [0.2, 0.25) is 5.89 Å². The van der Waals surface area contributed by atoms with E-state index in [-0.39, 0.29) is 12.4 Å². The summed E-state index contributed by atoms with van der Waals surface area (Å²) in [7, 11) is 0. The average molecular weight is 316 g/mol. The van der Waals surface area contributed by atoms with Crippen molar-refractivity contribution < 1.29 is 4.52 Å². The van der Waals surface area contributed by atoms with Crippen LogP contribution >= 0.6 is 24.0 Å². The van der Waals surface area contributed by atoms with Crippen molar-refractivity contribution >= 4 is 24.0 Å². The van der Waals surface area contributed by atoms with Gasteiger partial charge in [-0.15, -0.1) is 12.4 Å². The predicted octanol–water partition coefficient (Wildman–Crippen LogP) is 3.71. The van der Waals surface area contributed by atoms with Crippen LogP contribution in [0, 0.1) is 0 Å². The third-order valence-corrected chi connectivity index (χ3v) is 3.25. The van der Waals surface area contributed by atoms with Gasteiger partial charge in [-0.3, -0.25) is 0 Å². The van der Waals surface area contributed by atoms with Gasteiger partial charge in [-0.2, -0.15) is 4.98 Å². The number of nitrogens with two attached hydrogens (primary N) is 1. The normalized spacial score (nSPS) is 13.6. The largest absolute Gasteiger partial charge is 0.337 e. The van der Waals surface area contributed by atoms with Gasteiger partial charge in [0.25, 0.3) is 0 Å². The molecule has 0 aliphatic heterocycles. The topological polar surface area (TPSA) is 64.9 Å². The van der Waals surface area contributed by atoms with E-state index in [1.165, 1.54) is 0 Å². The maximum Gasteiger partial charge on any atom is 0.246 e. The summed E-state index contributed by atoms with van der Waals surface area (Å²) in [5, 5.41) is 4.70. The van der Waals surface area contributed by atoms with E-state index in [2.05, 4.69) is 17.1 Å². The molecule has 0 radical (unpaired) electrons. The lowest BCUT2D eigenvalue weighted by Gasteiger charge is -2.18. The summed E-state index contributed by atoms with van der Waals surface area (Å²) in [4.78, 5) is 4.38. The number of nitrogens with zero attached hydrogens (tertiary/aromatic N) is 2. The molecule has 0 spiro atoms. The van der Waals surface area contributed by atoms with E-state index in [9.17, 15) is 0 Å². The molecule has 1 aromatic heterocycles. The SMILES string of the molecule is CCCC(C)(N)c1nc(Cc2ccc(Cl)cc2)no1.Cl. The van der Waals surface area contributed by atoms with Gasteiger partial charge in [-0.25, -0.2) is 0 Å². The zero-order valence-corrected chi connectivity index (χ0v) is 13.2. The third kappa shape index (κ3) is 4.20. The number of hydrogen-bond acceptors (Lipinski definition) is 4. The minimum Gasteiger partial charge on any atom is -0.337 e. The second-order valence-electron chi connectivity index (χ2n) is 4.99. The van der Waals surface area contributed by atoms with Crippen LogP contribution < -0.4 is 5.73 Å². The lowest BCUT2D eigenvalue weighted by molar-refractivity contribution is 0.282. The molecule has 0 amide bonds. The second kappa shape index (κ2) is 7.07. The highest BCUT2D eigenvalue weighted by Crippen LogP contribution is 2.22. The Labute approximate surface area is 130 Å². The zero-order valence-electron chi connectivity index (χ0n) is 11.6. The molecule has 1 unspecified atom stereocenters. The second-order valence-corrected chi connectivity index (χ2v) is 5.42. The Bertz CT molecular complexity index is 538. The first-order chi connectivity index (χ1) is 9.01. The van der Waals surface area contributed by atoms with Crippen LogP contribution in [0.3, 0.4) is 0 Å². The van der Waals surface area contributed by atoms with Crippen molar-refractivity contribution in [2.75, 3.05) is 0 Å². The highest BCUT2D eigenvalue weighted by atomic mass is 35.5.